The monoisotopic (exact) mass is 386 g/mol. The lowest BCUT2D eigenvalue weighted by atomic mass is 10.1. The van der Waals surface area contributed by atoms with Crippen LogP contribution in [0.15, 0.2) is 24.3 Å². The number of hydrogen-bond acceptors (Lipinski definition) is 6. The zero-order valence-electron chi connectivity index (χ0n) is 15.0. The molecule has 2 amide bonds. The summed E-state index contributed by atoms with van der Waals surface area (Å²) in [6.07, 6.45) is 2.14. The third-order valence-corrected chi connectivity index (χ3v) is 3.12. The topological polar surface area (TPSA) is 94.2 Å². The van der Waals surface area contributed by atoms with E-state index in [1.54, 1.807) is 0 Å². The number of hydrogen-bond donors (Lipinski definition) is 1. The summed E-state index contributed by atoms with van der Waals surface area (Å²) in [6.45, 7) is -3.89. The van der Waals surface area contributed by atoms with Gasteiger partial charge in [0.25, 0.3) is 5.91 Å². The molecule has 0 aliphatic rings. The Kier molecular flexibility index (Phi) is 8.70. The molecule has 1 N–H and O–H groups in total. The molecule has 1 rings (SSSR count). The van der Waals surface area contributed by atoms with Gasteiger partial charge in [0, 0.05) is 25.7 Å². The Morgan fingerprint density at radius 3 is 2.56 bits per heavy atom. The summed E-state index contributed by atoms with van der Waals surface area (Å²) >= 11 is 0. The molecule has 0 unspecified atom stereocenters. The largest absolute Gasteiger partial charge is 0.493 e. The second-order valence-corrected chi connectivity index (χ2v) is 5.26. The lowest BCUT2D eigenvalue weighted by Gasteiger charge is -2.12. The molecule has 0 aliphatic carbocycles. The average Bonchev–Trinajstić information content (AvgIpc) is 2.62. The van der Waals surface area contributed by atoms with Crippen LogP contribution < -0.4 is 14.8 Å². The molecule has 0 spiro atoms. The number of carbonyl (C=O) groups excluding carboxylic acids is 3. The summed E-state index contributed by atoms with van der Waals surface area (Å²) in [7, 11) is 4.35. The number of nitrogens with one attached hydrogen (secondary N) is 1. The number of rotatable bonds is 9. The zero-order valence-corrected chi connectivity index (χ0v) is 15.0. The lowest BCUT2D eigenvalue weighted by molar-refractivity contribution is -0.144. The molecule has 1 aromatic rings. The number of ether oxygens (including phenoxy) is 3. The van der Waals surface area contributed by atoms with Crippen molar-refractivity contribution >= 4 is 23.9 Å². The molecule has 0 saturated heterocycles. The van der Waals surface area contributed by atoms with Crippen LogP contribution in [0.3, 0.4) is 0 Å². The number of esters is 1. The van der Waals surface area contributed by atoms with Crippen molar-refractivity contribution < 1.29 is 37.4 Å². The minimum absolute atomic E-state index is 0.0655. The van der Waals surface area contributed by atoms with Gasteiger partial charge in [-0.05, 0) is 12.1 Å². The maximum atomic E-state index is 12.5. The second kappa shape index (κ2) is 10.7. The Morgan fingerprint density at radius 2 is 1.96 bits per heavy atom. The van der Waals surface area contributed by atoms with Gasteiger partial charge in [-0.1, -0.05) is 12.1 Å². The van der Waals surface area contributed by atoms with Crippen molar-refractivity contribution in [3.63, 3.8) is 0 Å². The van der Waals surface area contributed by atoms with E-state index in [-0.39, 0.29) is 29.5 Å². The highest BCUT2D eigenvalue weighted by atomic mass is 19.3. The number of amides is 2. The van der Waals surface area contributed by atoms with E-state index in [0.29, 0.717) is 0 Å². The van der Waals surface area contributed by atoms with Gasteiger partial charge in [-0.3, -0.25) is 9.59 Å². The van der Waals surface area contributed by atoms with Crippen LogP contribution in [0.1, 0.15) is 5.56 Å². The quantitative estimate of drug-likeness (QED) is 0.504. The highest BCUT2D eigenvalue weighted by molar-refractivity contribution is 5.90. The average molecular weight is 386 g/mol. The highest BCUT2D eigenvalue weighted by Crippen LogP contribution is 2.33. The van der Waals surface area contributed by atoms with Gasteiger partial charge in [0.15, 0.2) is 18.1 Å². The number of benzene rings is 1. The van der Waals surface area contributed by atoms with Gasteiger partial charge < -0.3 is 24.4 Å². The molecule has 10 heteroatoms. The molecule has 1 aromatic carbocycles. The van der Waals surface area contributed by atoms with Gasteiger partial charge in [0.05, 0.1) is 13.7 Å². The van der Waals surface area contributed by atoms with Crippen molar-refractivity contribution in [1.29, 1.82) is 0 Å². The van der Waals surface area contributed by atoms with Crippen LogP contribution >= 0.6 is 0 Å². The fourth-order valence-electron chi connectivity index (χ4n) is 1.77. The van der Waals surface area contributed by atoms with Crippen LogP contribution in [0, 0.1) is 0 Å². The van der Waals surface area contributed by atoms with Gasteiger partial charge >= 0.3 is 12.6 Å². The number of methoxy groups -OCH3 is 1. The first-order chi connectivity index (χ1) is 12.7. The minimum atomic E-state index is -3.08. The SMILES string of the molecule is COc1cccc(/C=C/C(=O)OCC(=O)NCC(=O)N(C)C)c1OC(F)F. The van der Waals surface area contributed by atoms with Crippen molar-refractivity contribution in [2.24, 2.45) is 0 Å². The van der Waals surface area contributed by atoms with E-state index in [0.717, 1.165) is 6.08 Å². The van der Waals surface area contributed by atoms with Gasteiger partial charge in [-0.15, -0.1) is 0 Å². The number of halogens is 2. The Balaban J connectivity index is 2.63. The van der Waals surface area contributed by atoms with E-state index in [4.69, 9.17) is 9.47 Å². The molecular weight excluding hydrogens is 366 g/mol. The summed E-state index contributed by atoms with van der Waals surface area (Å²) < 4.78 is 39.1. The number of likely N-dealkylation sites (N-methyl/N-ethyl adjacent to an activating group) is 1. The number of nitrogens with zero attached hydrogens (tertiary/aromatic N) is 1. The number of para-hydroxylation sites is 1. The number of alkyl halides is 2. The fraction of sp³-hybridized carbons (Fsp3) is 0.353. The summed E-state index contributed by atoms with van der Waals surface area (Å²) in [4.78, 5) is 35.8. The molecule has 0 heterocycles. The van der Waals surface area contributed by atoms with Crippen LogP contribution in [0.4, 0.5) is 8.78 Å². The van der Waals surface area contributed by atoms with Crippen molar-refractivity contribution in [3.8, 4) is 11.5 Å². The zero-order chi connectivity index (χ0) is 20.4. The second-order valence-electron chi connectivity index (χ2n) is 5.26. The van der Waals surface area contributed by atoms with Gasteiger partial charge in [-0.2, -0.15) is 8.78 Å². The molecular formula is C17H20F2N2O6. The standard InChI is InChI=1S/C17H20F2N2O6/c1-21(2)14(23)9-20-13(22)10-26-15(24)8-7-11-5-4-6-12(25-3)16(11)27-17(18)19/h4-8,17H,9-10H2,1-3H3,(H,20,22)/b8-7+. The summed E-state index contributed by atoms with van der Waals surface area (Å²) in [5.41, 5.74) is 0.160. The molecule has 8 nitrogen and oxygen atoms in total. The van der Waals surface area contributed by atoms with E-state index in [1.807, 2.05) is 0 Å². The third-order valence-electron chi connectivity index (χ3n) is 3.12. The summed E-state index contributed by atoms with van der Waals surface area (Å²) in [5.74, 6) is -2.03. The first kappa shape index (κ1) is 21.9. The Morgan fingerprint density at radius 1 is 1.26 bits per heavy atom. The van der Waals surface area contributed by atoms with E-state index in [1.165, 1.54) is 50.4 Å². The maximum Gasteiger partial charge on any atom is 0.387 e. The molecule has 0 saturated carbocycles. The van der Waals surface area contributed by atoms with Gasteiger partial charge in [0.2, 0.25) is 5.91 Å². The van der Waals surface area contributed by atoms with Crippen molar-refractivity contribution in [2.45, 2.75) is 6.61 Å². The Hall–Kier alpha value is -3.17. The third kappa shape index (κ3) is 7.72. The van der Waals surface area contributed by atoms with Crippen molar-refractivity contribution in [3.05, 3.63) is 29.8 Å². The lowest BCUT2D eigenvalue weighted by Crippen LogP contribution is -2.38. The highest BCUT2D eigenvalue weighted by Gasteiger charge is 2.14. The molecule has 0 aromatic heterocycles. The van der Waals surface area contributed by atoms with Crippen LogP contribution in [0.25, 0.3) is 6.08 Å². The summed E-state index contributed by atoms with van der Waals surface area (Å²) in [5, 5.41) is 2.29. The van der Waals surface area contributed by atoms with E-state index in [9.17, 15) is 23.2 Å². The van der Waals surface area contributed by atoms with Crippen LogP contribution in [0.2, 0.25) is 0 Å². The first-order valence-electron chi connectivity index (χ1n) is 7.68. The first-order valence-corrected chi connectivity index (χ1v) is 7.68. The van der Waals surface area contributed by atoms with E-state index >= 15 is 0 Å². The molecule has 0 fully saturated rings. The normalized spacial score (nSPS) is 10.6. The molecule has 27 heavy (non-hydrogen) atoms. The van der Waals surface area contributed by atoms with Gasteiger partial charge in [-0.25, -0.2) is 4.79 Å². The van der Waals surface area contributed by atoms with Crippen LogP contribution in [-0.4, -0.2) is 63.7 Å². The van der Waals surface area contributed by atoms with Crippen molar-refractivity contribution in [1.82, 2.24) is 10.2 Å². The smallest absolute Gasteiger partial charge is 0.387 e. The van der Waals surface area contributed by atoms with Crippen LogP contribution in [-0.2, 0) is 19.1 Å². The predicted molar refractivity (Wildman–Crippen MR) is 91.3 cm³/mol. The Labute approximate surface area is 154 Å². The van der Waals surface area contributed by atoms with E-state index in [2.05, 4.69) is 10.1 Å². The fourth-order valence-corrected chi connectivity index (χ4v) is 1.77. The molecule has 0 radical (unpaired) electrons. The molecule has 0 atom stereocenters. The van der Waals surface area contributed by atoms with Gasteiger partial charge in [0.1, 0.15) is 0 Å². The minimum Gasteiger partial charge on any atom is -0.493 e. The molecule has 0 aliphatic heterocycles. The number of carbonyl (C=O) groups is 3. The van der Waals surface area contributed by atoms with Crippen LogP contribution in [0.5, 0.6) is 11.5 Å². The molecule has 0 bridgehead atoms. The predicted octanol–water partition coefficient (Wildman–Crippen LogP) is 1.06. The maximum absolute atomic E-state index is 12.5. The molecule has 148 valence electrons. The van der Waals surface area contributed by atoms with E-state index < -0.39 is 25.1 Å². The summed E-state index contributed by atoms with van der Waals surface area (Å²) in [6, 6.07) is 4.38. The Bertz CT molecular complexity index is 707. The van der Waals surface area contributed by atoms with Crippen molar-refractivity contribution in [2.75, 3.05) is 34.4 Å².